The number of aliphatic carboxylic acids is 1. The third kappa shape index (κ3) is 6.34. The van der Waals surface area contributed by atoms with Gasteiger partial charge in [-0.05, 0) is 34.6 Å². The largest absolute Gasteiger partial charge is 0.481 e. The van der Waals surface area contributed by atoms with Crippen LogP contribution in [0.4, 0.5) is 4.79 Å². The molecule has 0 bridgehead atoms. The van der Waals surface area contributed by atoms with Crippen molar-refractivity contribution >= 4 is 18.0 Å². The van der Waals surface area contributed by atoms with E-state index in [1.165, 1.54) is 11.1 Å². The fourth-order valence-corrected chi connectivity index (χ4v) is 4.29. The van der Waals surface area contributed by atoms with E-state index in [0.29, 0.717) is 19.4 Å². The van der Waals surface area contributed by atoms with Gasteiger partial charge in [0, 0.05) is 24.9 Å². The molecule has 0 aliphatic heterocycles. The number of rotatable bonds is 11. The smallest absolute Gasteiger partial charge is 0.407 e. The van der Waals surface area contributed by atoms with Crippen molar-refractivity contribution in [2.45, 2.75) is 51.5 Å². The second-order valence-electron chi connectivity index (χ2n) is 8.46. The molecule has 0 saturated heterocycles. The highest BCUT2D eigenvalue weighted by Gasteiger charge is 2.29. The third-order valence-corrected chi connectivity index (χ3v) is 6.21. The number of nitrogens with one attached hydrogen (secondary N) is 2. The van der Waals surface area contributed by atoms with Gasteiger partial charge in [0.1, 0.15) is 6.61 Å². The van der Waals surface area contributed by atoms with Gasteiger partial charge < -0.3 is 20.5 Å². The molecule has 1 aliphatic rings. The lowest BCUT2D eigenvalue weighted by molar-refractivity contribution is -0.137. The van der Waals surface area contributed by atoms with Crippen molar-refractivity contribution in [1.82, 2.24) is 10.6 Å². The highest BCUT2D eigenvalue weighted by Crippen LogP contribution is 2.44. The Bertz CT molecular complexity index is 945. The molecule has 2 amide bonds. The van der Waals surface area contributed by atoms with Gasteiger partial charge in [-0.1, -0.05) is 68.8 Å². The monoisotopic (exact) mass is 452 g/mol. The van der Waals surface area contributed by atoms with Gasteiger partial charge in [-0.15, -0.1) is 0 Å². The van der Waals surface area contributed by atoms with Crippen LogP contribution in [0.5, 0.6) is 0 Å². The zero-order chi connectivity index (χ0) is 23.8. The second-order valence-corrected chi connectivity index (χ2v) is 8.46. The highest BCUT2D eigenvalue weighted by atomic mass is 16.5. The van der Waals surface area contributed by atoms with Gasteiger partial charge in [-0.2, -0.15) is 0 Å². The fraction of sp³-hybridized carbons (Fsp3) is 0.423. The van der Waals surface area contributed by atoms with E-state index in [0.717, 1.165) is 11.1 Å². The van der Waals surface area contributed by atoms with Crippen LogP contribution in [0.25, 0.3) is 11.1 Å². The van der Waals surface area contributed by atoms with Crippen LogP contribution in [0.15, 0.2) is 48.5 Å². The first-order chi connectivity index (χ1) is 15.9. The molecule has 176 valence electrons. The summed E-state index contributed by atoms with van der Waals surface area (Å²) in [5.41, 5.74) is 4.66. The number of amides is 2. The standard InChI is InChI=1S/C26H32N2O5/c1-3-17(13-24(29)28-18(4-2)14-25(30)31)15-27-26(32)33-16-23-21-11-7-5-9-19(21)20-10-6-8-12-22(20)23/h5-12,17-18,23H,3-4,13-16H2,1-2H3,(H,27,32)(H,28,29)(H,30,31)/t17?,18-/m0/s1. The maximum atomic E-state index is 12.4. The Hall–Kier alpha value is -3.35. The summed E-state index contributed by atoms with van der Waals surface area (Å²) in [5, 5.41) is 14.5. The molecule has 7 heteroatoms. The number of alkyl carbamates (subject to hydrolysis) is 1. The van der Waals surface area contributed by atoms with Crippen LogP contribution in [-0.2, 0) is 14.3 Å². The van der Waals surface area contributed by atoms with E-state index in [9.17, 15) is 14.4 Å². The number of benzene rings is 2. The SMILES string of the molecule is CCC(CNC(=O)OCC1c2ccccc2-c2ccccc21)CC(=O)N[C@@H](CC)CC(=O)O. The molecule has 0 radical (unpaired) electrons. The maximum absolute atomic E-state index is 12.4. The summed E-state index contributed by atoms with van der Waals surface area (Å²) in [4.78, 5) is 35.6. The quantitative estimate of drug-likeness (QED) is 0.471. The molecule has 33 heavy (non-hydrogen) atoms. The molecule has 2 atom stereocenters. The summed E-state index contributed by atoms with van der Waals surface area (Å²) >= 11 is 0. The van der Waals surface area contributed by atoms with Crippen LogP contribution in [0, 0.1) is 5.92 Å². The Labute approximate surface area is 194 Å². The number of hydrogen-bond donors (Lipinski definition) is 3. The lowest BCUT2D eigenvalue weighted by Crippen LogP contribution is -2.38. The van der Waals surface area contributed by atoms with Gasteiger partial charge in [0.2, 0.25) is 5.91 Å². The molecule has 0 fully saturated rings. The van der Waals surface area contributed by atoms with Crippen LogP contribution in [0.3, 0.4) is 0 Å². The topological polar surface area (TPSA) is 105 Å². The van der Waals surface area contributed by atoms with Crippen LogP contribution < -0.4 is 10.6 Å². The van der Waals surface area contributed by atoms with Crippen molar-refractivity contribution in [3.05, 3.63) is 59.7 Å². The molecule has 0 heterocycles. The summed E-state index contributed by atoms with van der Waals surface area (Å²) in [6.45, 7) is 4.34. The zero-order valence-electron chi connectivity index (χ0n) is 19.2. The van der Waals surface area contributed by atoms with Gasteiger partial charge in [0.05, 0.1) is 6.42 Å². The number of carbonyl (C=O) groups is 3. The Morgan fingerprint density at radius 3 is 2.09 bits per heavy atom. The minimum Gasteiger partial charge on any atom is -0.481 e. The number of ether oxygens (including phenoxy) is 1. The van der Waals surface area contributed by atoms with E-state index in [4.69, 9.17) is 9.84 Å². The van der Waals surface area contributed by atoms with E-state index in [-0.39, 0.29) is 43.2 Å². The average Bonchev–Trinajstić information content (AvgIpc) is 3.13. The lowest BCUT2D eigenvalue weighted by atomic mass is 9.98. The molecule has 1 aliphatic carbocycles. The second kappa shape index (κ2) is 11.5. The Kier molecular flexibility index (Phi) is 8.46. The van der Waals surface area contributed by atoms with Gasteiger partial charge in [-0.3, -0.25) is 9.59 Å². The van der Waals surface area contributed by atoms with Crippen LogP contribution in [-0.4, -0.2) is 42.3 Å². The molecular weight excluding hydrogens is 420 g/mol. The minimum absolute atomic E-state index is 0.00360. The van der Waals surface area contributed by atoms with Gasteiger partial charge in [0.15, 0.2) is 0 Å². The highest BCUT2D eigenvalue weighted by molar-refractivity contribution is 5.79. The first-order valence-electron chi connectivity index (χ1n) is 11.5. The number of carbonyl (C=O) groups excluding carboxylic acids is 2. The Morgan fingerprint density at radius 2 is 1.55 bits per heavy atom. The fourth-order valence-electron chi connectivity index (χ4n) is 4.29. The van der Waals surface area contributed by atoms with Crippen molar-refractivity contribution in [1.29, 1.82) is 0 Å². The minimum atomic E-state index is -0.939. The molecule has 3 rings (SSSR count). The number of fused-ring (bicyclic) bond motifs is 3. The third-order valence-electron chi connectivity index (χ3n) is 6.21. The summed E-state index contributed by atoms with van der Waals surface area (Å²) in [6.07, 6.45) is 0.862. The van der Waals surface area contributed by atoms with E-state index in [1.54, 1.807) is 0 Å². The summed E-state index contributed by atoms with van der Waals surface area (Å²) in [5.74, 6) is -1.21. The molecule has 0 aromatic heterocycles. The van der Waals surface area contributed by atoms with Gasteiger partial charge in [-0.25, -0.2) is 4.79 Å². The van der Waals surface area contributed by atoms with E-state index in [2.05, 4.69) is 34.9 Å². The summed E-state index contributed by atoms with van der Waals surface area (Å²) in [7, 11) is 0. The van der Waals surface area contributed by atoms with Crippen LogP contribution in [0.1, 0.15) is 56.6 Å². The molecule has 2 aromatic rings. The molecule has 0 spiro atoms. The number of carboxylic acids is 1. The predicted octanol–water partition coefficient (Wildman–Crippen LogP) is 4.31. The van der Waals surface area contributed by atoms with Crippen LogP contribution >= 0.6 is 0 Å². The van der Waals surface area contributed by atoms with E-state index in [1.807, 2.05) is 38.1 Å². The molecule has 3 N–H and O–H groups in total. The Morgan fingerprint density at radius 1 is 0.939 bits per heavy atom. The average molecular weight is 453 g/mol. The van der Waals surface area contributed by atoms with Crippen molar-refractivity contribution in [2.24, 2.45) is 5.92 Å². The lowest BCUT2D eigenvalue weighted by Gasteiger charge is -2.19. The zero-order valence-corrected chi connectivity index (χ0v) is 19.2. The predicted molar refractivity (Wildman–Crippen MR) is 126 cm³/mol. The van der Waals surface area contributed by atoms with E-state index < -0.39 is 12.1 Å². The molecular formula is C26H32N2O5. The van der Waals surface area contributed by atoms with Crippen molar-refractivity contribution in [3.63, 3.8) is 0 Å². The maximum Gasteiger partial charge on any atom is 0.407 e. The van der Waals surface area contributed by atoms with Crippen LogP contribution in [0.2, 0.25) is 0 Å². The first kappa shape index (κ1) is 24.3. The summed E-state index contributed by atoms with van der Waals surface area (Å²) < 4.78 is 5.55. The first-order valence-corrected chi connectivity index (χ1v) is 11.5. The van der Waals surface area contributed by atoms with Crippen molar-refractivity contribution in [2.75, 3.05) is 13.2 Å². The molecule has 7 nitrogen and oxygen atoms in total. The van der Waals surface area contributed by atoms with Gasteiger partial charge in [0.25, 0.3) is 0 Å². The molecule has 1 unspecified atom stereocenters. The van der Waals surface area contributed by atoms with E-state index >= 15 is 0 Å². The normalized spacial score (nSPS) is 14.0. The molecule has 2 aromatic carbocycles. The molecule has 0 saturated carbocycles. The van der Waals surface area contributed by atoms with Crippen molar-refractivity contribution < 1.29 is 24.2 Å². The van der Waals surface area contributed by atoms with Gasteiger partial charge >= 0.3 is 12.1 Å². The summed E-state index contributed by atoms with van der Waals surface area (Å²) in [6, 6.07) is 15.9. The number of carboxylic acid groups (broad SMARTS) is 1. The number of hydrogen-bond acceptors (Lipinski definition) is 4. The van der Waals surface area contributed by atoms with Crippen molar-refractivity contribution in [3.8, 4) is 11.1 Å². The Balaban J connectivity index is 1.49.